The number of carbonyl (C=O) groups excluding carboxylic acids is 1. The second kappa shape index (κ2) is 6.28. The molecule has 3 heteroatoms. The maximum absolute atomic E-state index is 12.3. The second-order valence-corrected chi connectivity index (χ2v) is 4.33. The zero-order valence-electron chi connectivity index (χ0n) is 11.0. The van der Waals surface area contributed by atoms with Crippen LogP contribution < -0.4 is 5.73 Å². The number of hydrogen-bond donors (Lipinski definition) is 1. The Morgan fingerprint density at radius 3 is 2.59 bits per heavy atom. The summed E-state index contributed by atoms with van der Waals surface area (Å²) < 4.78 is 0. The van der Waals surface area contributed by atoms with Crippen molar-refractivity contribution in [3.63, 3.8) is 0 Å². The van der Waals surface area contributed by atoms with Gasteiger partial charge in [0.25, 0.3) is 5.91 Å². The highest BCUT2D eigenvalue weighted by Gasteiger charge is 2.15. The van der Waals surface area contributed by atoms with E-state index in [1.54, 1.807) is 0 Å². The van der Waals surface area contributed by atoms with Gasteiger partial charge in [0, 0.05) is 18.8 Å². The van der Waals surface area contributed by atoms with Gasteiger partial charge in [-0.3, -0.25) is 4.79 Å². The first kappa shape index (κ1) is 13.6. The van der Waals surface area contributed by atoms with Gasteiger partial charge in [0.1, 0.15) is 0 Å². The number of nitrogens with zero attached hydrogens (tertiary/aromatic N) is 1. The van der Waals surface area contributed by atoms with E-state index in [1.165, 1.54) is 0 Å². The molecule has 94 valence electrons. The third-order valence-corrected chi connectivity index (χ3v) is 2.89. The number of carbonyl (C=O) groups is 1. The molecule has 0 fully saturated rings. The van der Waals surface area contributed by atoms with Crippen LogP contribution in [0, 0.1) is 6.92 Å². The van der Waals surface area contributed by atoms with Crippen molar-refractivity contribution in [1.29, 1.82) is 0 Å². The Labute approximate surface area is 104 Å². The van der Waals surface area contributed by atoms with E-state index >= 15 is 0 Å². The highest BCUT2D eigenvalue weighted by atomic mass is 16.2. The first-order valence-corrected chi connectivity index (χ1v) is 6.25. The predicted molar refractivity (Wildman–Crippen MR) is 72.1 cm³/mol. The summed E-state index contributed by atoms with van der Waals surface area (Å²) in [5.41, 5.74) is 8.17. The van der Waals surface area contributed by atoms with Crippen molar-refractivity contribution in [2.24, 2.45) is 0 Å². The zero-order chi connectivity index (χ0) is 12.8. The second-order valence-electron chi connectivity index (χ2n) is 4.33. The number of nitrogens with two attached hydrogens (primary N) is 1. The highest BCUT2D eigenvalue weighted by Crippen LogP contribution is 2.16. The summed E-state index contributed by atoms with van der Waals surface area (Å²) in [6.45, 7) is 7.63. The van der Waals surface area contributed by atoms with Crippen molar-refractivity contribution in [2.45, 2.75) is 33.6 Å². The Morgan fingerprint density at radius 2 is 2.06 bits per heavy atom. The zero-order valence-corrected chi connectivity index (χ0v) is 11.0. The van der Waals surface area contributed by atoms with Gasteiger partial charge in [-0.25, -0.2) is 0 Å². The Kier molecular flexibility index (Phi) is 5.01. The Balaban J connectivity index is 2.86. The van der Waals surface area contributed by atoms with Crippen molar-refractivity contribution >= 4 is 11.6 Å². The Bertz CT molecular complexity index is 388. The van der Waals surface area contributed by atoms with Gasteiger partial charge in [-0.05, 0) is 38.0 Å². The van der Waals surface area contributed by atoms with Gasteiger partial charge in [-0.2, -0.15) is 0 Å². The monoisotopic (exact) mass is 234 g/mol. The molecule has 0 aliphatic heterocycles. The summed E-state index contributed by atoms with van der Waals surface area (Å²) in [5.74, 6) is 0.0402. The minimum absolute atomic E-state index is 0.0402. The van der Waals surface area contributed by atoms with Gasteiger partial charge in [0.05, 0.1) is 5.56 Å². The van der Waals surface area contributed by atoms with Crippen LogP contribution >= 0.6 is 0 Å². The van der Waals surface area contributed by atoms with Crippen LogP contribution in [0.5, 0.6) is 0 Å². The summed E-state index contributed by atoms with van der Waals surface area (Å²) in [4.78, 5) is 14.1. The Hall–Kier alpha value is -1.51. The lowest BCUT2D eigenvalue weighted by atomic mass is 10.1. The molecule has 0 spiro atoms. The first-order valence-electron chi connectivity index (χ1n) is 6.25. The summed E-state index contributed by atoms with van der Waals surface area (Å²) in [5, 5.41) is 0. The lowest BCUT2D eigenvalue weighted by molar-refractivity contribution is 0.0763. The molecule has 0 radical (unpaired) electrons. The number of amides is 1. The molecular weight excluding hydrogens is 212 g/mol. The standard InChI is InChI=1S/C14H22N2O/c1-4-6-9-16(5-2)14(17)12-8-7-11(3)10-13(12)15/h7-8,10H,4-6,9,15H2,1-3H3. The van der Waals surface area contributed by atoms with E-state index in [9.17, 15) is 4.79 Å². The van der Waals surface area contributed by atoms with E-state index < -0.39 is 0 Å². The van der Waals surface area contributed by atoms with Crippen LogP contribution in [0.15, 0.2) is 18.2 Å². The highest BCUT2D eigenvalue weighted by molar-refractivity contribution is 5.99. The van der Waals surface area contributed by atoms with Crippen LogP contribution in [-0.2, 0) is 0 Å². The largest absolute Gasteiger partial charge is 0.398 e. The number of rotatable bonds is 5. The van der Waals surface area contributed by atoms with Gasteiger partial charge >= 0.3 is 0 Å². The quantitative estimate of drug-likeness (QED) is 0.796. The molecule has 0 aliphatic rings. The van der Waals surface area contributed by atoms with Crippen LogP contribution in [0.1, 0.15) is 42.6 Å². The van der Waals surface area contributed by atoms with Gasteiger partial charge in [0.2, 0.25) is 0 Å². The van der Waals surface area contributed by atoms with E-state index in [4.69, 9.17) is 5.73 Å². The van der Waals surface area contributed by atoms with Crippen molar-refractivity contribution in [3.05, 3.63) is 29.3 Å². The van der Waals surface area contributed by atoms with Gasteiger partial charge in [0.15, 0.2) is 0 Å². The summed E-state index contributed by atoms with van der Waals surface area (Å²) >= 11 is 0. The smallest absolute Gasteiger partial charge is 0.255 e. The number of unbranched alkanes of at least 4 members (excludes halogenated alkanes) is 1. The molecule has 0 heterocycles. The Morgan fingerprint density at radius 1 is 1.35 bits per heavy atom. The first-order chi connectivity index (χ1) is 8.10. The number of benzene rings is 1. The summed E-state index contributed by atoms with van der Waals surface area (Å²) in [6, 6.07) is 5.60. The molecule has 0 saturated heterocycles. The summed E-state index contributed by atoms with van der Waals surface area (Å²) in [6.07, 6.45) is 2.12. The fraction of sp³-hybridized carbons (Fsp3) is 0.500. The fourth-order valence-electron chi connectivity index (χ4n) is 1.80. The average molecular weight is 234 g/mol. The summed E-state index contributed by atoms with van der Waals surface area (Å²) in [7, 11) is 0. The van der Waals surface area contributed by atoms with Crippen LogP contribution in [0.3, 0.4) is 0 Å². The molecule has 1 rings (SSSR count). The van der Waals surface area contributed by atoms with E-state index in [0.717, 1.165) is 31.5 Å². The SMILES string of the molecule is CCCCN(CC)C(=O)c1ccc(C)cc1N. The van der Waals surface area contributed by atoms with Crippen LogP contribution in [-0.4, -0.2) is 23.9 Å². The molecule has 3 nitrogen and oxygen atoms in total. The molecule has 0 aliphatic carbocycles. The van der Waals surface area contributed by atoms with Crippen molar-refractivity contribution in [2.75, 3.05) is 18.8 Å². The van der Waals surface area contributed by atoms with E-state index in [0.29, 0.717) is 11.3 Å². The van der Waals surface area contributed by atoms with Gasteiger partial charge in [-0.1, -0.05) is 19.4 Å². The molecule has 0 saturated carbocycles. The molecule has 1 amide bonds. The van der Waals surface area contributed by atoms with Crippen LogP contribution in [0.25, 0.3) is 0 Å². The normalized spacial score (nSPS) is 10.3. The molecule has 0 unspecified atom stereocenters. The van der Waals surface area contributed by atoms with E-state index in [1.807, 2.05) is 36.9 Å². The number of aryl methyl sites for hydroxylation is 1. The third kappa shape index (κ3) is 3.48. The number of hydrogen-bond acceptors (Lipinski definition) is 2. The minimum Gasteiger partial charge on any atom is -0.398 e. The predicted octanol–water partition coefficient (Wildman–Crippen LogP) is 2.84. The number of nitrogen functional groups attached to an aromatic ring is 1. The molecular formula is C14H22N2O. The molecule has 1 aromatic carbocycles. The minimum atomic E-state index is 0.0402. The molecule has 2 N–H and O–H groups in total. The third-order valence-electron chi connectivity index (χ3n) is 2.89. The molecule has 0 bridgehead atoms. The van der Waals surface area contributed by atoms with Crippen molar-refractivity contribution in [1.82, 2.24) is 4.90 Å². The number of anilines is 1. The fourth-order valence-corrected chi connectivity index (χ4v) is 1.80. The molecule has 17 heavy (non-hydrogen) atoms. The lowest BCUT2D eigenvalue weighted by Crippen LogP contribution is -2.32. The molecule has 0 aromatic heterocycles. The van der Waals surface area contributed by atoms with Crippen LogP contribution in [0.2, 0.25) is 0 Å². The maximum atomic E-state index is 12.3. The van der Waals surface area contributed by atoms with Crippen molar-refractivity contribution < 1.29 is 4.79 Å². The molecule has 1 aromatic rings. The van der Waals surface area contributed by atoms with E-state index in [-0.39, 0.29) is 5.91 Å². The lowest BCUT2D eigenvalue weighted by Gasteiger charge is -2.21. The van der Waals surface area contributed by atoms with Crippen molar-refractivity contribution in [3.8, 4) is 0 Å². The average Bonchev–Trinajstić information content (AvgIpc) is 2.29. The van der Waals surface area contributed by atoms with Gasteiger partial charge in [-0.15, -0.1) is 0 Å². The van der Waals surface area contributed by atoms with E-state index in [2.05, 4.69) is 6.92 Å². The molecule has 0 atom stereocenters. The maximum Gasteiger partial charge on any atom is 0.255 e. The van der Waals surface area contributed by atoms with Gasteiger partial charge < -0.3 is 10.6 Å². The topological polar surface area (TPSA) is 46.3 Å². The van der Waals surface area contributed by atoms with Crippen LogP contribution in [0.4, 0.5) is 5.69 Å².